The van der Waals surface area contributed by atoms with Gasteiger partial charge in [0.15, 0.2) is 5.65 Å². The Bertz CT molecular complexity index is 649. The van der Waals surface area contributed by atoms with Crippen LogP contribution in [0.25, 0.3) is 11.0 Å². The number of fused-ring (bicyclic) bond motifs is 1. The number of amides is 1. The molecule has 0 aromatic carbocycles. The first-order chi connectivity index (χ1) is 9.86. The van der Waals surface area contributed by atoms with E-state index < -0.39 is 0 Å². The van der Waals surface area contributed by atoms with Gasteiger partial charge in [-0.1, -0.05) is 0 Å². The van der Waals surface area contributed by atoms with Gasteiger partial charge in [-0.25, -0.2) is 9.97 Å². The van der Waals surface area contributed by atoms with Gasteiger partial charge in [0.2, 0.25) is 5.91 Å². The van der Waals surface area contributed by atoms with Gasteiger partial charge in [-0.2, -0.15) is 5.10 Å². The highest BCUT2D eigenvalue weighted by Gasteiger charge is 2.13. The highest BCUT2D eigenvalue weighted by molar-refractivity contribution is 5.84. The Morgan fingerprint density at radius 3 is 2.86 bits per heavy atom. The first kappa shape index (κ1) is 15.2. The minimum atomic E-state index is -0.0258. The Balaban J connectivity index is 2.09. The number of aryl methyl sites for hydroxylation is 1. The van der Waals surface area contributed by atoms with Crippen molar-refractivity contribution in [1.82, 2.24) is 30.0 Å². The van der Waals surface area contributed by atoms with Crippen molar-refractivity contribution in [1.29, 1.82) is 0 Å². The Labute approximate surface area is 123 Å². The van der Waals surface area contributed by atoms with Crippen LogP contribution in [0.15, 0.2) is 6.20 Å². The van der Waals surface area contributed by atoms with Crippen molar-refractivity contribution in [3.05, 3.63) is 12.0 Å². The van der Waals surface area contributed by atoms with Crippen LogP contribution in [-0.2, 0) is 18.4 Å². The van der Waals surface area contributed by atoms with Gasteiger partial charge in [0.1, 0.15) is 11.6 Å². The van der Waals surface area contributed by atoms with Gasteiger partial charge in [-0.3, -0.25) is 14.4 Å². The normalized spacial score (nSPS) is 11.5. The van der Waals surface area contributed by atoms with Gasteiger partial charge in [0.05, 0.1) is 24.7 Å². The summed E-state index contributed by atoms with van der Waals surface area (Å²) in [6, 6.07) is 0.128. The van der Waals surface area contributed by atoms with E-state index in [9.17, 15) is 4.79 Å². The van der Waals surface area contributed by atoms with Crippen LogP contribution in [0.4, 0.5) is 5.82 Å². The number of anilines is 1. The van der Waals surface area contributed by atoms with Gasteiger partial charge in [-0.05, 0) is 20.9 Å². The summed E-state index contributed by atoms with van der Waals surface area (Å²) < 4.78 is 1.66. The monoisotopic (exact) mass is 291 g/mol. The number of nitrogens with two attached hydrogens (primary N) is 1. The van der Waals surface area contributed by atoms with E-state index in [0.29, 0.717) is 23.8 Å². The average Bonchev–Trinajstić information content (AvgIpc) is 2.70. The van der Waals surface area contributed by atoms with Crippen LogP contribution in [0.3, 0.4) is 0 Å². The molecule has 8 nitrogen and oxygen atoms in total. The third-order valence-electron chi connectivity index (χ3n) is 2.94. The predicted molar refractivity (Wildman–Crippen MR) is 80.3 cm³/mol. The lowest BCUT2D eigenvalue weighted by Crippen LogP contribution is -2.38. The van der Waals surface area contributed by atoms with Crippen molar-refractivity contribution in [2.75, 3.05) is 19.3 Å². The first-order valence-corrected chi connectivity index (χ1v) is 6.79. The molecule has 2 aromatic rings. The van der Waals surface area contributed by atoms with Crippen molar-refractivity contribution in [3.8, 4) is 0 Å². The van der Waals surface area contributed by atoms with Crippen LogP contribution in [0.5, 0.6) is 0 Å². The fourth-order valence-electron chi connectivity index (χ4n) is 2.07. The van der Waals surface area contributed by atoms with Crippen molar-refractivity contribution < 1.29 is 4.79 Å². The SMILES string of the molecule is CC(C)NC(=O)CN(C)Cc1nc(N)c2cnn(C)c2n1. The molecule has 0 bridgehead atoms. The molecule has 0 spiro atoms. The quantitative estimate of drug-likeness (QED) is 0.797. The molecule has 3 N–H and O–H groups in total. The Kier molecular flexibility index (Phi) is 4.37. The number of hydrogen-bond acceptors (Lipinski definition) is 6. The Morgan fingerprint density at radius 2 is 2.19 bits per heavy atom. The molecule has 0 atom stereocenters. The largest absolute Gasteiger partial charge is 0.383 e. The van der Waals surface area contributed by atoms with E-state index in [4.69, 9.17) is 5.73 Å². The molecule has 0 saturated carbocycles. The highest BCUT2D eigenvalue weighted by Crippen LogP contribution is 2.16. The maximum absolute atomic E-state index is 11.7. The smallest absolute Gasteiger partial charge is 0.234 e. The number of nitrogen functional groups attached to an aromatic ring is 1. The summed E-state index contributed by atoms with van der Waals surface area (Å²) in [5, 5.41) is 7.70. The van der Waals surface area contributed by atoms with E-state index in [2.05, 4.69) is 20.4 Å². The number of carbonyl (C=O) groups excluding carboxylic acids is 1. The molecule has 0 fully saturated rings. The topological polar surface area (TPSA) is 102 Å². The van der Waals surface area contributed by atoms with Gasteiger partial charge in [0.25, 0.3) is 0 Å². The van der Waals surface area contributed by atoms with E-state index in [1.807, 2.05) is 25.8 Å². The number of nitrogens with zero attached hydrogens (tertiary/aromatic N) is 5. The van der Waals surface area contributed by atoms with Crippen molar-refractivity contribution in [3.63, 3.8) is 0 Å². The van der Waals surface area contributed by atoms with Crippen molar-refractivity contribution in [2.45, 2.75) is 26.4 Å². The van der Waals surface area contributed by atoms with Gasteiger partial charge in [-0.15, -0.1) is 0 Å². The molecular weight excluding hydrogens is 270 g/mol. The standard InChI is InChI=1S/C13H21N7O/c1-8(2)16-11(21)7-19(3)6-10-17-12(14)9-5-15-20(4)13(9)18-10/h5,8H,6-7H2,1-4H3,(H,16,21)(H2,14,17,18). The van der Waals surface area contributed by atoms with Crippen LogP contribution in [0.1, 0.15) is 19.7 Å². The third-order valence-corrected chi connectivity index (χ3v) is 2.94. The molecule has 114 valence electrons. The number of aromatic nitrogens is 4. The summed E-state index contributed by atoms with van der Waals surface area (Å²) in [6.45, 7) is 4.58. The Hall–Kier alpha value is -2.22. The summed E-state index contributed by atoms with van der Waals surface area (Å²) in [5.74, 6) is 0.952. The molecule has 0 radical (unpaired) electrons. The molecule has 0 aliphatic rings. The maximum atomic E-state index is 11.7. The minimum Gasteiger partial charge on any atom is -0.383 e. The fraction of sp³-hybridized carbons (Fsp3) is 0.538. The van der Waals surface area contributed by atoms with Crippen LogP contribution in [0.2, 0.25) is 0 Å². The van der Waals surface area contributed by atoms with Crippen LogP contribution in [-0.4, -0.2) is 50.2 Å². The van der Waals surface area contributed by atoms with E-state index >= 15 is 0 Å². The molecule has 0 saturated heterocycles. The van der Waals surface area contributed by atoms with Crippen LogP contribution >= 0.6 is 0 Å². The van der Waals surface area contributed by atoms with Crippen molar-refractivity contribution >= 4 is 22.8 Å². The zero-order chi connectivity index (χ0) is 15.6. The molecule has 21 heavy (non-hydrogen) atoms. The van der Waals surface area contributed by atoms with E-state index in [1.54, 1.807) is 17.9 Å². The predicted octanol–water partition coefficient (Wildman–Crippen LogP) is -0.0981. The lowest BCUT2D eigenvalue weighted by atomic mass is 10.3. The fourth-order valence-corrected chi connectivity index (χ4v) is 2.07. The van der Waals surface area contributed by atoms with Crippen molar-refractivity contribution in [2.24, 2.45) is 7.05 Å². The summed E-state index contributed by atoms with van der Waals surface area (Å²) in [5.41, 5.74) is 6.60. The number of carbonyl (C=O) groups is 1. The number of hydrogen-bond donors (Lipinski definition) is 2. The lowest BCUT2D eigenvalue weighted by Gasteiger charge is -2.16. The highest BCUT2D eigenvalue weighted by atomic mass is 16.2. The molecule has 2 aromatic heterocycles. The zero-order valence-electron chi connectivity index (χ0n) is 12.8. The molecular formula is C13H21N7O. The van der Waals surface area contributed by atoms with E-state index in [0.717, 1.165) is 5.39 Å². The van der Waals surface area contributed by atoms with Gasteiger partial charge < -0.3 is 11.1 Å². The number of nitrogens with one attached hydrogen (secondary N) is 1. The van der Waals surface area contributed by atoms with Crippen LogP contribution < -0.4 is 11.1 Å². The number of rotatable bonds is 5. The molecule has 0 unspecified atom stereocenters. The second-order valence-corrected chi connectivity index (χ2v) is 5.43. The molecule has 1 amide bonds. The zero-order valence-corrected chi connectivity index (χ0v) is 12.8. The molecule has 0 aliphatic carbocycles. The van der Waals surface area contributed by atoms with E-state index in [1.165, 1.54) is 0 Å². The second kappa shape index (κ2) is 6.04. The number of likely N-dealkylation sites (N-methyl/N-ethyl adjacent to an activating group) is 1. The molecule has 2 rings (SSSR count). The molecule has 0 aliphatic heterocycles. The Morgan fingerprint density at radius 1 is 1.48 bits per heavy atom. The minimum absolute atomic E-state index is 0.0258. The summed E-state index contributed by atoms with van der Waals surface area (Å²) in [7, 11) is 3.64. The third kappa shape index (κ3) is 3.66. The summed E-state index contributed by atoms with van der Waals surface area (Å²) in [6.07, 6.45) is 1.65. The van der Waals surface area contributed by atoms with E-state index in [-0.39, 0.29) is 18.5 Å². The average molecular weight is 291 g/mol. The lowest BCUT2D eigenvalue weighted by molar-refractivity contribution is -0.122. The first-order valence-electron chi connectivity index (χ1n) is 6.79. The maximum Gasteiger partial charge on any atom is 0.234 e. The second-order valence-electron chi connectivity index (χ2n) is 5.43. The molecule has 2 heterocycles. The summed E-state index contributed by atoms with van der Waals surface area (Å²) >= 11 is 0. The summed E-state index contributed by atoms with van der Waals surface area (Å²) in [4.78, 5) is 22.3. The van der Waals surface area contributed by atoms with Gasteiger partial charge >= 0.3 is 0 Å². The van der Waals surface area contributed by atoms with Gasteiger partial charge in [0, 0.05) is 13.1 Å². The molecule has 8 heteroatoms. The van der Waals surface area contributed by atoms with Crippen LogP contribution in [0, 0.1) is 0 Å².